The molecule has 0 spiro atoms. The second kappa shape index (κ2) is 4.66. The van der Waals surface area contributed by atoms with Crippen molar-refractivity contribution >= 4 is 0 Å². The summed E-state index contributed by atoms with van der Waals surface area (Å²) in [5.41, 5.74) is 0. The molecular weight excluding hydrogens is 140 g/mol. The molecule has 4 heteroatoms. The zero-order valence-electron chi connectivity index (χ0n) is 7.14. The minimum Gasteiger partial charge on any atom is -0.320 e. The number of piperazine rings is 1. The van der Waals surface area contributed by atoms with Crippen LogP contribution in [-0.2, 0) is 0 Å². The first kappa shape index (κ1) is 8.93. The van der Waals surface area contributed by atoms with E-state index in [-0.39, 0.29) is 0 Å². The lowest BCUT2D eigenvalue weighted by Gasteiger charge is -2.32. The Morgan fingerprint density at radius 3 is 3.18 bits per heavy atom. The average Bonchev–Trinajstić information content (AvgIpc) is 2.03. The van der Waals surface area contributed by atoms with E-state index in [1.165, 1.54) is 0 Å². The fourth-order valence-electron chi connectivity index (χ4n) is 1.36. The molecule has 0 aromatic heterocycles. The Morgan fingerprint density at radius 1 is 1.73 bits per heavy atom. The predicted octanol–water partition coefficient (Wildman–Crippen LogP) is -1.26. The first-order valence-corrected chi connectivity index (χ1v) is 4.21. The summed E-state index contributed by atoms with van der Waals surface area (Å²) in [6, 6.07) is 0.510. The minimum absolute atomic E-state index is 0.510. The lowest BCUT2D eigenvalue weighted by Crippen LogP contribution is -2.55. The average molecular weight is 158 g/mol. The molecule has 66 valence electrons. The molecule has 0 radical (unpaired) electrons. The summed E-state index contributed by atoms with van der Waals surface area (Å²) in [4.78, 5) is 0. The van der Waals surface area contributed by atoms with Crippen molar-refractivity contribution in [3.63, 3.8) is 0 Å². The summed E-state index contributed by atoms with van der Waals surface area (Å²) in [5.74, 6) is 5.79. The van der Waals surface area contributed by atoms with Gasteiger partial charge in [0.2, 0.25) is 0 Å². The maximum Gasteiger partial charge on any atom is 0.0378 e. The summed E-state index contributed by atoms with van der Waals surface area (Å²) in [7, 11) is 1.97. The van der Waals surface area contributed by atoms with Crippen LogP contribution in [0, 0.1) is 0 Å². The maximum absolute atomic E-state index is 5.79. The summed E-state index contributed by atoms with van der Waals surface area (Å²) in [6.45, 7) is 4.05. The van der Waals surface area contributed by atoms with Crippen molar-refractivity contribution in [1.29, 1.82) is 0 Å². The number of nitrogens with two attached hydrogens (primary N) is 1. The zero-order valence-corrected chi connectivity index (χ0v) is 7.14. The Balaban J connectivity index is 2.18. The van der Waals surface area contributed by atoms with E-state index >= 15 is 0 Å². The van der Waals surface area contributed by atoms with Crippen LogP contribution in [0.4, 0.5) is 0 Å². The van der Waals surface area contributed by atoms with Gasteiger partial charge in [-0.05, 0) is 20.0 Å². The van der Waals surface area contributed by atoms with E-state index in [0.29, 0.717) is 6.04 Å². The third kappa shape index (κ3) is 2.75. The minimum atomic E-state index is 0.510. The molecule has 1 atom stereocenters. The highest BCUT2D eigenvalue weighted by Crippen LogP contribution is 2.00. The molecule has 1 rings (SSSR count). The van der Waals surface area contributed by atoms with Crippen LogP contribution < -0.4 is 16.5 Å². The molecule has 1 saturated heterocycles. The lowest BCUT2D eigenvalue weighted by molar-refractivity contribution is 0.156. The van der Waals surface area contributed by atoms with Crippen LogP contribution in [0.2, 0.25) is 0 Å². The molecule has 1 unspecified atom stereocenters. The van der Waals surface area contributed by atoms with E-state index < -0.39 is 0 Å². The molecule has 0 amide bonds. The van der Waals surface area contributed by atoms with E-state index in [9.17, 15) is 0 Å². The van der Waals surface area contributed by atoms with Gasteiger partial charge in [-0.25, -0.2) is 5.01 Å². The first-order chi connectivity index (χ1) is 5.34. The quantitative estimate of drug-likeness (QED) is 0.449. The van der Waals surface area contributed by atoms with Gasteiger partial charge in [0.15, 0.2) is 0 Å². The molecule has 0 saturated carbocycles. The Hall–Kier alpha value is -0.160. The number of rotatable bonds is 3. The van der Waals surface area contributed by atoms with Crippen LogP contribution in [0.15, 0.2) is 0 Å². The maximum atomic E-state index is 5.79. The third-order valence-electron chi connectivity index (χ3n) is 2.12. The van der Waals surface area contributed by atoms with Crippen molar-refractivity contribution < 1.29 is 0 Å². The van der Waals surface area contributed by atoms with Gasteiger partial charge in [0.25, 0.3) is 0 Å². The van der Waals surface area contributed by atoms with E-state index in [4.69, 9.17) is 5.84 Å². The summed E-state index contributed by atoms with van der Waals surface area (Å²) < 4.78 is 0. The summed E-state index contributed by atoms with van der Waals surface area (Å²) >= 11 is 0. The topological polar surface area (TPSA) is 53.3 Å². The van der Waals surface area contributed by atoms with Crippen LogP contribution in [0.5, 0.6) is 0 Å². The van der Waals surface area contributed by atoms with Crippen molar-refractivity contribution in [1.82, 2.24) is 15.6 Å². The zero-order chi connectivity index (χ0) is 8.10. The number of hydrogen-bond acceptors (Lipinski definition) is 4. The van der Waals surface area contributed by atoms with Crippen LogP contribution in [-0.4, -0.2) is 44.3 Å². The summed E-state index contributed by atoms with van der Waals surface area (Å²) in [5, 5.41) is 8.39. The molecule has 1 fully saturated rings. The molecule has 0 bridgehead atoms. The highest BCUT2D eigenvalue weighted by Gasteiger charge is 2.17. The normalized spacial score (nSPS) is 27.3. The lowest BCUT2D eigenvalue weighted by atomic mass is 10.1. The molecule has 1 aliphatic rings. The fourth-order valence-corrected chi connectivity index (χ4v) is 1.36. The largest absolute Gasteiger partial charge is 0.320 e. The van der Waals surface area contributed by atoms with Crippen molar-refractivity contribution in [2.45, 2.75) is 12.5 Å². The van der Waals surface area contributed by atoms with E-state index in [0.717, 1.165) is 32.6 Å². The van der Waals surface area contributed by atoms with Crippen LogP contribution in [0.25, 0.3) is 0 Å². The molecule has 0 aliphatic carbocycles. The third-order valence-corrected chi connectivity index (χ3v) is 2.12. The van der Waals surface area contributed by atoms with Crippen molar-refractivity contribution in [2.24, 2.45) is 5.84 Å². The Labute approximate surface area is 68.1 Å². The number of hydrazine groups is 1. The second-order valence-corrected chi connectivity index (χ2v) is 2.99. The smallest absolute Gasteiger partial charge is 0.0378 e. The number of nitrogens with zero attached hydrogens (tertiary/aromatic N) is 1. The van der Waals surface area contributed by atoms with Gasteiger partial charge >= 0.3 is 0 Å². The fraction of sp³-hybridized carbons (Fsp3) is 1.00. The van der Waals surface area contributed by atoms with Gasteiger partial charge in [-0.1, -0.05) is 0 Å². The molecule has 11 heavy (non-hydrogen) atoms. The second-order valence-electron chi connectivity index (χ2n) is 2.99. The van der Waals surface area contributed by atoms with E-state index in [1.54, 1.807) is 0 Å². The predicted molar refractivity (Wildman–Crippen MR) is 46.1 cm³/mol. The Bertz CT molecular complexity index is 107. The van der Waals surface area contributed by atoms with Gasteiger partial charge in [0.1, 0.15) is 0 Å². The van der Waals surface area contributed by atoms with Crippen LogP contribution >= 0.6 is 0 Å². The summed E-state index contributed by atoms with van der Waals surface area (Å²) in [6.07, 6.45) is 1.12. The molecule has 1 heterocycles. The standard InChI is InChI=1S/C7H18N4/c1-9-3-2-7-6-10-4-5-11(7)8/h7,9-10H,2-6,8H2,1H3. The Morgan fingerprint density at radius 2 is 2.55 bits per heavy atom. The molecule has 4 nitrogen and oxygen atoms in total. The van der Waals surface area contributed by atoms with Crippen molar-refractivity contribution in [3.05, 3.63) is 0 Å². The van der Waals surface area contributed by atoms with Crippen LogP contribution in [0.3, 0.4) is 0 Å². The molecular formula is C7H18N4. The highest BCUT2D eigenvalue weighted by atomic mass is 15.4. The van der Waals surface area contributed by atoms with Crippen molar-refractivity contribution in [3.8, 4) is 0 Å². The van der Waals surface area contributed by atoms with Gasteiger partial charge in [-0.2, -0.15) is 0 Å². The van der Waals surface area contributed by atoms with Crippen molar-refractivity contribution in [2.75, 3.05) is 33.2 Å². The van der Waals surface area contributed by atoms with E-state index in [1.807, 2.05) is 12.1 Å². The van der Waals surface area contributed by atoms with E-state index in [2.05, 4.69) is 10.6 Å². The molecule has 1 aliphatic heterocycles. The van der Waals surface area contributed by atoms with Gasteiger partial charge in [0, 0.05) is 25.7 Å². The van der Waals surface area contributed by atoms with Gasteiger partial charge in [-0.3, -0.25) is 5.84 Å². The number of nitrogens with one attached hydrogen (secondary N) is 2. The SMILES string of the molecule is CNCCC1CNCCN1N. The Kier molecular flexibility index (Phi) is 3.79. The van der Waals surface area contributed by atoms with Crippen LogP contribution in [0.1, 0.15) is 6.42 Å². The monoisotopic (exact) mass is 158 g/mol. The van der Waals surface area contributed by atoms with Gasteiger partial charge in [-0.15, -0.1) is 0 Å². The van der Waals surface area contributed by atoms with Gasteiger partial charge in [0.05, 0.1) is 0 Å². The highest BCUT2D eigenvalue weighted by molar-refractivity contribution is 4.76. The first-order valence-electron chi connectivity index (χ1n) is 4.21. The van der Waals surface area contributed by atoms with Gasteiger partial charge < -0.3 is 10.6 Å². The number of hydrogen-bond donors (Lipinski definition) is 3. The molecule has 0 aromatic carbocycles. The molecule has 4 N–H and O–H groups in total. The molecule has 0 aromatic rings.